The van der Waals surface area contributed by atoms with E-state index in [2.05, 4.69) is 19.9 Å². The predicted molar refractivity (Wildman–Crippen MR) is 93.8 cm³/mol. The largest absolute Gasteiger partial charge is 0.263 e. The number of thiophene rings is 1. The van der Waals surface area contributed by atoms with Gasteiger partial charge in [-0.3, -0.25) is 5.10 Å². The molecule has 3 rings (SSSR count). The van der Waals surface area contributed by atoms with Gasteiger partial charge in [-0.1, -0.05) is 23.7 Å². The van der Waals surface area contributed by atoms with Crippen molar-refractivity contribution in [1.82, 2.24) is 19.9 Å². The summed E-state index contributed by atoms with van der Waals surface area (Å²) in [7, 11) is -3.58. The molecule has 132 valence electrons. The molecule has 2 heterocycles. The van der Waals surface area contributed by atoms with Gasteiger partial charge in [-0.05, 0) is 29.8 Å². The number of hydrogen-bond acceptors (Lipinski definition) is 5. The SMILES string of the molecule is O=S(=O)(NCCc1n[nH]c(Cc2cccc(F)c2)n1)c1ccc(Cl)s1. The molecule has 0 saturated heterocycles. The molecule has 0 spiro atoms. The first-order chi connectivity index (χ1) is 11.9. The molecule has 3 aromatic rings. The summed E-state index contributed by atoms with van der Waals surface area (Å²) in [5, 5.41) is 6.83. The van der Waals surface area contributed by atoms with Gasteiger partial charge in [0.25, 0.3) is 0 Å². The highest BCUT2D eigenvalue weighted by Gasteiger charge is 2.16. The lowest BCUT2D eigenvalue weighted by atomic mass is 10.1. The highest BCUT2D eigenvalue weighted by Crippen LogP contribution is 2.25. The molecule has 0 radical (unpaired) electrons. The topological polar surface area (TPSA) is 87.7 Å². The molecule has 10 heteroatoms. The minimum atomic E-state index is -3.58. The van der Waals surface area contributed by atoms with Gasteiger partial charge in [0.2, 0.25) is 10.0 Å². The second-order valence-electron chi connectivity index (χ2n) is 5.21. The Morgan fingerprint density at radius 1 is 1.28 bits per heavy atom. The second kappa shape index (κ2) is 7.61. The number of sulfonamides is 1. The first kappa shape index (κ1) is 18.0. The summed E-state index contributed by atoms with van der Waals surface area (Å²) < 4.78 is 40.4. The molecular formula is C15H14ClFN4O2S2. The molecule has 0 unspecified atom stereocenters. The molecule has 0 aliphatic carbocycles. The maximum Gasteiger partial charge on any atom is 0.250 e. The number of H-pyrrole nitrogens is 1. The molecular weight excluding hydrogens is 387 g/mol. The van der Waals surface area contributed by atoms with Gasteiger partial charge in [-0.2, -0.15) is 5.10 Å². The van der Waals surface area contributed by atoms with Crippen molar-refractivity contribution in [2.24, 2.45) is 0 Å². The Morgan fingerprint density at radius 2 is 2.12 bits per heavy atom. The molecule has 6 nitrogen and oxygen atoms in total. The number of nitrogens with one attached hydrogen (secondary N) is 2. The number of rotatable bonds is 7. The Labute approximate surface area is 153 Å². The van der Waals surface area contributed by atoms with E-state index in [1.54, 1.807) is 12.1 Å². The van der Waals surface area contributed by atoms with Crippen LogP contribution < -0.4 is 4.72 Å². The third kappa shape index (κ3) is 4.85. The smallest absolute Gasteiger partial charge is 0.250 e. The Bertz CT molecular complexity index is 971. The van der Waals surface area contributed by atoms with Crippen LogP contribution in [0.1, 0.15) is 17.2 Å². The van der Waals surface area contributed by atoms with E-state index < -0.39 is 10.0 Å². The van der Waals surface area contributed by atoms with E-state index in [0.29, 0.717) is 28.8 Å². The van der Waals surface area contributed by atoms with Crippen molar-refractivity contribution in [2.75, 3.05) is 6.54 Å². The second-order valence-corrected chi connectivity index (χ2v) is 8.92. The zero-order chi connectivity index (χ0) is 17.9. The van der Waals surface area contributed by atoms with E-state index >= 15 is 0 Å². The number of nitrogens with zero attached hydrogens (tertiary/aromatic N) is 2. The fourth-order valence-corrected chi connectivity index (χ4v) is 4.74. The average Bonchev–Trinajstić information content (AvgIpc) is 3.17. The van der Waals surface area contributed by atoms with Crippen LogP contribution in [-0.4, -0.2) is 30.1 Å². The molecule has 2 N–H and O–H groups in total. The predicted octanol–water partition coefficient (Wildman–Crippen LogP) is 2.77. The Morgan fingerprint density at radius 3 is 2.84 bits per heavy atom. The standard InChI is InChI=1S/C15H14ClFN4O2S2/c16-12-4-5-15(24-12)25(22,23)18-7-6-13-19-14(21-20-13)9-10-2-1-3-11(17)8-10/h1-5,8,18H,6-7,9H2,(H,19,20,21). The van der Waals surface area contributed by atoms with Crippen molar-refractivity contribution in [1.29, 1.82) is 0 Å². The van der Waals surface area contributed by atoms with E-state index in [1.165, 1.54) is 24.3 Å². The Kier molecular flexibility index (Phi) is 5.48. The fourth-order valence-electron chi connectivity index (χ4n) is 2.18. The summed E-state index contributed by atoms with van der Waals surface area (Å²) in [5.41, 5.74) is 0.776. The third-order valence-electron chi connectivity index (χ3n) is 3.29. The molecule has 2 aromatic heterocycles. The average molecular weight is 401 g/mol. The van der Waals surface area contributed by atoms with E-state index in [1.807, 2.05) is 0 Å². The van der Waals surface area contributed by atoms with Crippen molar-refractivity contribution in [3.8, 4) is 0 Å². The van der Waals surface area contributed by atoms with Crippen molar-refractivity contribution < 1.29 is 12.8 Å². The van der Waals surface area contributed by atoms with Gasteiger partial charge in [0.1, 0.15) is 15.9 Å². The highest BCUT2D eigenvalue weighted by molar-refractivity contribution is 7.91. The molecule has 0 amide bonds. The van der Waals surface area contributed by atoms with E-state index in [4.69, 9.17) is 11.6 Å². The third-order valence-corrected chi connectivity index (χ3v) is 6.48. The lowest BCUT2D eigenvalue weighted by Gasteiger charge is -2.02. The minimum Gasteiger partial charge on any atom is -0.263 e. The van der Waals surface area contributed by atoms with Gasteiger partial charge in [-0.15, -0.1) is 11.3 Å². The molecule has 0 fully saturated rings. The van der Waals surface area contributed by atoms with Gasteiger partial charge in [0.15, 0.2) is 5.82 Å². The molecule has 0 atom stereocenters. The van der Waals surface area contributed by atoms with Crippen LogP contribution in [0.2, 0.25) is 4.34 Å². The maximum atomic E-state index is 13.2. The van der Waals surface area contributed by atoms with E-state index in [0.717, 1.165) is 16.9 Å². The molecule has 0 aliphatic rings. The Balaban J connectivity index is 1.55. The van der Waals surface area contributed by atoms with Gasteiger partial charge >= 0.3 is 0 Å². The van der Waals surface area contributed by atoms with Crippen molar-refractivity contribution in [3.63, 3.8) is 0 Å². The number of hydrogen-bond donors (Lipinski definition) is 2. The van der Waals surface area contributed by atoms with Crippen molar-refractivity contribution in [3.05, 3.63) is 63.8 Å². The van der Waals surface area contributed by atoms with Crippen LogP contribution in [0.3, 0.4) is 0 Å². The quantitative estimate of drug-likeness (QED) is 0.638. The summed E-state index contributed by atoms with van der Waals surface area (Å²) in [5.74, 6) is 0.770. The van der Waals surface area contributed by atoms with Crippen LogP contribution >= 0.6 is 22.9 Å². The molecule has 1 aromatic carbocycles. The van der Waals surface area contributed by atoms with Crippen molar-refractivity contribution in [2.45, 2.75) is 17.1 Å². The number of halogens is 2. The summed E-state index contributed by atoms with van der Waals surface area (Å²) in [6.45, 7) is 0.162. The molecule has 25 heavy (non-hydrogen) atoms. The van der Waals surface area contributed by atoms with Crippen LogP contribution in [0.4, 0.5) is 4.39 Å². The summed E-state index contributed by atoms with van der Waals surface area (Å²) >= 11 is 6.75. The zero-order valence-corrected chi connectivity index (χ0v) is 15.3. The lowest BCUT2D eigenvalue weighted by Crippen LogP contribution is -2.25. The van der Waals surface area contributed by atoms with Gasteiger partial charge in [0, 0.05) is 19.4 Å². The van der Waals surface area contributed by atoms with Crippen LogP contribution in [0.25, 0.3) is 0 Å². The summed E-state index contributed by atoms with van der Waals surface area (Å²) in [6, 6.07) is 9.23. The van der Waals surface area contributed by atoms with Crippen LogP contribution in [0, 0.1) is 5.82 Å². The van der Waals surface area contributed by atoms with E-state index in [-0.39, 0.29) is 16.6 Å². The molecule has 0 bridgehead atoms. The summed E-state index contributed by atoms with van der Waals surface area (Å²) in [4.78, 5) is 4.29. The van der Waals surface area contributed by atoms with Crippen LogP contribution in [0.15, 0.2) is 40.6 Å². The first-order valence-corrected chi connectivity index (χ1v) is 10.00. The monoisotopic (exact) mass is 400 g/mol. The first-order valence-electron chi connectivity index (χ1n) is 7.32. The molecule has 0 aliphatic heterocycles. The van der Waals surface area contributed by atoms with Gasteiger partial charge in [0.05, 0.1) is 4.34 Å². The van der Waals surface area contributed by atoms with Gasteiger partial charge < -0.3 is 0 Å². The lowest BCUT2D eigenvalue weighted by molar-refractivity contribution is 0.583. The van der Waals surface area contributed by atoms with E-state index in [9.17, 15) is 12.8 Å². The van der Waals surface area contributed by atoms with Gasteiger partial charge in [-0.25, -0.2) is 22.5 Å². The Hall–Kier alpha value is -1.81. The summed E-state index contributed by atoms with van der Waals surface area (Å²) in [6.07, 6.45) is 0.752. The fraction of sp³-hybridized carbons (Fsp3) is 0.200. The maximum absolute atomic E-state index is 13.2. The normalized spacial score (nSPS) is 11.8. The van der Waals surface area contributed by atoms with Crippen LogP contribution in [-0.2, 0) is 22.9 Å². The number of benzene rings is 1. The minimum absolute atomic E-state index is 0.162. The number of aromatic amines is 1. The number of aromatic nitrogens is 3. The highest BCUT2D eigenvalue weighted by atomic mass is 35.5. The zero-order valence-electron chi connectivity index (χ0n) is 12.9. The van der Waals surface area contributed by atoms with Crippen molar-refractivity contribution >= 4 is 33.0 Å². The molecule has 0 saturated carbocycles. The van der Waals surface area contributed by atoms with Crippen LogP contribution in [0.5, 0.6) is 0 Å².